The number of fused-ring (bicyclic) bond motifs is 1. The van der Waals surface area contributed by atoms with Crippen molar-refractivity contribution in [3.8, 4) is 0 Å². The molecule has 0 aromatic carbocycles. The van der Waals surface area contributed by atoms with Gasteiger partial charge >= 0.3 is 0 Å². The van der Waals surface area contributed by atoms with E-state index in [4.69, 9.17) is 0 Å². The number of hydrogen-bond acceptors (Lipinski definition) is 6. The summed E-state index contributed by atoms with van der Waals surface area (Å²) in [6.45, 7) is 9.99. The first-order chi connectivity index (χ1) is 11.8. The molecule has 0 fully saturated rings. The highest BCUT2D eigenvalue weighted by Gasteiger charge is 2.23. The Hall–Kier alpha value is -1.99. The van der Waals surface area contributed by atoms with Gasteiger partial charge < -0.3 is 10.6 Å². The molecule has 0 aliphatic rings. The van der Waals surface area contributed by atoms with E-state index in [0.717, 1.165) is 21.6 Å². The number of carbonyl (C=O) groups is 1. The van der Waals surface area contributed by atoms with E-state index in [1.807, 2.05) is 33.8 Å². The van der Waals surface area contributed by atoms with Crippen LogP contribution in [0.3, 0.4) is 0 Å². The Kier molecular flexibility index (Phi) is 4.79. The van der Waals surface area contributed by atoms with Gasteiger partial charge in [0.1, 0.15) is 17.0 Å². The van der Waals surface area contributed by atoms with Gasteiger partial charge in [0.25, 0.3) is 5.91 Å². The van der Waals surface area contributed by atoms with Crippen molar-refractivity contribution in [1.82, 2.24) is 15.3 Å². The number of nitrogens with one attached hydrogen (secondary N) is 2. The number of aromatic nitrogens is 2. The summed E-state index contributed by atoms with van der Waals surface area (Å²) in [4.78, 5) is 24.1. The fourth-order valence-electron chi connectivity index (χ4n) is 2.61. The van der Waals surface area contributed by atoms with E-state index in [0.29, 0.717) is 4.88 Å². The molecule has 0 aliphatic carbocycles. The molecule has 0 radical (unpaired) electrons. The molecule has 2 N–H and O–H groups in total. The SMILES string of the molecule is Cc1c(C(=O)NC(C)(C)C)sc2ncnc(NC(C)c3cccs3)c12. The second kappa shape index (κ2) is 6.72. The molecule has 3 aromatic heterocycles. The van der Waals surface area contributed by atoms with Crippen molar-refractivity contribution in [3.05, 3.63) is 39.2 Å². The van der Waals surface area contributed by atoms with Gasteiger partial charge in [-0.15, -0.1) is 22.7 Å². The minimum Gasteiger partial charge on any atom is -0.362 e. The summed E-state index contributed by atoms with van der Waals surface area (Å²) in [5.74, 6) is 0.708. The second-order valence-electron chi connectivity index (χ2n) is 7.04. The molecule has 1 atom stereocenters. The molecule has 0 saturated carbocycles. The van der Waals surface area contributed by atoms with Crippen LogP contribution in [0.2, 0.25) is 0 Å². The Morgan fingerprint density at radius 1 is 1.28 bits per heavy atom. The van der Waals surface area contributed by atoms with Crippen LogP contribution in [0.25, 0.3) is 10.2 Å². The maximum absolute atomic E-state index is 12.6. The Morgan fingerprint density at radius 2 is 2.04 bits per heavy atom. The zero-order valence-corrected chi connectivity index (χ0v) is 16.6. The molecule has 0 saturated heterocycles. The van der Waals surface area contributed by atoms with Crippen LogP contribution >= 0.6 is 22.7 Å². The van der Waals surface area contributed by atoms with Crippen LogP contribution in [0.4, 0.5) is 5.82 Å². The molecule has 0 bridgehead atoms. The lowest BCUT2D eigenvalue weighted by atomic mass is 10.1. The summed E-state index contributed by atoms with van der Waals surface area (Å²) in [5.41, 5.74) is 0.642. The third kappa shape index (κ3) is 3.82. The molecular weight excluding hydrogens is 352 g/mol. The fourth-order valence-corrected chi connectivity index (χ4v) is 4.39. The zero-order chi connectivity index (χ0) is 18.2. The molecule has 3 heterocycles. The summed E-state index contributed by atoms with van der Waals surface area (Å²) in [6, 6.07) is 4.28. The van der Waals surface area contributed by atoms with Gasteiger partial charge in [-0.3, -0.25) is 4.79 Å². The first kappa shape index (κ1) is 17.8. The van der Waals surface area contributed by atoms with Gasteiger partial charge in [0, 0.05) is 10.4 Å². The van der Waals surface area contributed by atoms with E-state index in [1.165, 1.54) is 16.2 Å². The van der Waals surface area contributed by atoms with Gasteiger partial charge in [0.15, 0.2) is 0 Å². The molecule has 7 heteroatoms. The van der Waals surface area contributed by atoms with Crippen molar-refractivity contribution >= 4 is 44.6 Å². The van der Waals surface area contributed by atoms with Crippen LogP contribution in [-0.4, -0.2) is 21.4 Å². The van der Waals surface area contributed by atoms with Crippen molar-refractivity contribution in [2.24, 2.45) is 0 Å². The topological polar surface area (TPSA) is 66.9 Å². The van der Waals surface area contributed by atoms with Crippen LogP contribution in [0.15, 0.2) is 23.8 Å². The average Bonchev–Trinajstić information content (AvgIpc) is 3.14. The number of nitrogens with zero attached hydrogens (tertiary/aromatic N) is 2. The van der Waals surface area contributed by atoms with Gasteiger partial charge in [0.05, 0.1) is 16.3 Å². The van der Waals surface area contributed by atoms with E-state index in [2.05, 4.69) is 39.0 Å². The Bertz CT molecular complexity index is 894. The normalized spacial score (nSPS) is 13.0. The maximum atomic E-state index is 12.6. The summed E-state index contributed by atoms with van der Waals surface area (Å²) in [5, 5.41) is 9.48. The first-order valence-electron chi connectivity index (χ1n) is 8.13. The lowest BCUT2D eigenvalue weighted by molar-refractivity contribution is 0.0923. The molecule has 3 rings (SSSR count). The summed E-state index contributed by atoms with van der Waals surface area (Å²) >= 11 is 3.12. The van der Waals surface area contributed by atoms with Crippen molar-refractivity contribution in [3.63, 3.8) is 0 Å². The largest absolute Gasteiger partial charge is 0.362 e. The molecule has 3 aromatic rings. The van der Waals surface area contributed by atoms with Crippen molar-refractivity contribution in [2.75, 3.05) is 5.32 Å². The average molecular weight is 375 g/mol. The number of anilines is 1. The molecule has 132 valence electrons. The van der Waals surface area contributed by atoms with Gasteiger partial charge in [-0.05, 0) is 51.6 Å². The molecule has 0 spiro atoms. The van der Waals surface area contributed by atoms with E-state index in [-0.39, 0.29) is 17.5 Å². The van der Waals surface area contributed by atoms with Crippen LogP contribution < -0.4 is 10.6 Å². The Morgan fingerprint density at radius 3 is 2.68 bits per heavy atom. The van der Waals surface area contributed by atoms with Crippen LogP contribution in [0.1, 0.15) is 53.8 Å². The standard InChI is InChI=1S/C18H22N4OS2/c1-10-13-15(21-11(2)12-7-6-8-24-12)19-9-20-17(13)25-14(10)16(23)22-18(3,4)5/h6-9,11H,1-5H3,(H,22,23)(H,19,20,21). The third-order valence-corrected chi connectivity index (χ3v) is 6.00. The van der Waals surface area contributed by atoms with Crippen molar-refractivity contribution < 1.29 is 4.79 Å². The van der Waals surface area contributed by atoms with Crippen molar-refractivity contribution in [1.29, 1.82) is 0 Å². The van der Waals surface area contributed by atoms with Gasteiger partial charge in [-0.25, -0.2) is 9.97 Å². The number of hydrogen-bond donors (Lipinski definition) is 2. The second-order valence-corrected chi connectivity index (χ2v) is 9.02. The highest BCUT2D eigenvalue weighted by molar-refractivity contribution is 7.20. The number of amides is 1. The molecule has 5 nitrogen and oxygen atoms in total. The smallest absolute Gasteiger partial charge is 0.262 e. The Balaban J connectivity index is 1.97. The van der Waals surface area contributed by atoms with Crippen LogP contribution in [0.5, 0.6) is 0 Å². The van der Waals surface area contributed by atoms with Gasteiger partial charge in [-0.1, -0.05) is 6.07 Å². The number of rotatable bonds is 4. The summed E-state index contributed by atoms with van der Waals surface area (Å²) < 4.78 is 0. The van der Waals surface area contributed by atoms with Gasteiger partial charge in [0.2, 0.25) is 0 Å². The molecule has 1 unspecified atom stereocenters. The van der Waals surface area contributed by atoms with Crippen molar-refractivity contribution in [2.45, 2.75) is 46.2 Å². The van der Waals surface area contributed by atoms with E-state index < -0.39 is 0 Å². The number of carbonyl (C=O) groups excluding carboxylic acids is 1. The predicted molar refractivity (Wildman–Crippen MR) is 106 cm³/mol. The highest BCUT2D eigenvalue weighted by atomic mass is 32.1. The number of aryl methyl sites for hydroxylation is 1. The molecule has 1 amide bonds. The summed E-state index contributed by atoms with van der Waals surface area (Å²) in [6.07, 6.45) is 1.55. The monoisotopic (exact) mass is 374 g/mol. The molecule has 25 heavy (non-hydrogen) atoms. The molecule has 0 aliphatic heterocycles. The van der Waals surface area contributed by atoms with E-state index in [9.17, 15) is 4.79 Å². The van der Waals surface area contributed by atoms with E-state index >= 15 is 0 Å². The minimum absolute atomic E-state index is 0.0646. The van der Waals surface area contributed by atoms with Crippen LogP contribution in [0, 0.1) is 6.92 Å². The maximum Gasteiger partial charge on any atom is 0.262 e. The quantitative estimate of drug-likeness (QED) is 0.691. The summed E-state index contributed by atoms with van der Waals surface area (Å²) in [7, 11) is 0. The number of thiophene rings is 2. The van der Waals surface area contributed by atoms with E-state index in [1.54, 1.807) is 17.7 Å². The lowest BCUT2D eigenvalue weighted by Gasteiger charge is -2.20. The molecular formula is C18H22N4OS2. The first-order valence-corrected chi connectivity index (χ1v) is 9.82. The fraction of sp³-hybridized carbons (Fsp3) is 0.389. The predicted octanol–water partition coefficient (Wildman–Crippen LogP) is 4.76. The Labute approximate surface area is 155 Å². The van der Waals surface area contributed by atoms with Gasteiger partial charge in [-0.2, -0.15) is 0 Å². The zero-order valence-electron chi connectivity index (χ0n) is 15.0. The lowest BCUT2D eigenvalue weighted by Crippen LogP contribution is -2.40. The third-order valence-electron chi connectivity index (χ3n) is 3.74. The minimum atomic E-state index is -0.278. The highest BCUT2D eigenvalue weighted by Crippen LogP contribution is 2.35. The van der Waals surface area contributed by atoms with Crippen LogP contribution in [-0.2, 0) is 0 Å².